The number of hydrogen-bond acceptors (Lipinski definition) is 5. The van der Waals surface area contributed by atoms with Crippen molar-refractivity contribution in [3.05, 3.63) is 57.3 Å². The fourth-order valence-corrected chi connectivity index (χ4v) is 1.80. The van der Waals surface area contributed by atoms with Crippen LogP contribution in [0.5, 0.6) is 11.6 Å². The molecule has 0 fully saturated rings. The molecule has 20 heavy (non-hydrogen) atoms. The monoisotopic (exact) mass is 273 g/mol. The zero-order valence-electron chi connectivity index (χ0n) is 11.3. The van der Waals surface area contributed by atoms with Crippen LogP contribution in [0.4, 0.5) is 5.69 Å². The minimum Gasteiger partial charge on any atom is -0.432 e. The number of nitrogens with two attached hydrogens (primary N) is 1. The van der Waals surface area contributed by atoms with Gasteiger partial charge in [-0.2, -0.15) is 0 Å². The normalized spacial score (nSPS) is 10.3. The van der Waals surface area contributed by atoms with Crippen molar-refractivity contribution < 1.29 is 9.66 Å². The molecular formula is C14H15N3O3. The molecule has 104 valence electrons. The molecule has 0 spiro atoms. The molecule has 6 nitrogen and oxygen atoms in total. The molecule has 0 atom stereocenters. The number of pyridine rings is 1. The van der Waals surface area contributed by atoms with Gasteiger partial charge in [0.1, 0.15) is 0 Å². The van der Waals surface area contributed by atoms with Crippen LogP contribution in [-0.2, 0) is 6.54 Å². The maximum atomic E-state index is 11.0. The van der Waals surface area contributed by atoms with Gasteiger partial charge in [-0.25, -0.2) is 4.98 Å². The largest absolute Gasteiger partial charge is 0.432 e. The van der Waals surface area contributed by atoms with Crippen molar-refractivity contribution in [1.82, 2.24) is 4.98 Å². The maximum absolute atomic E-state index is 11.0. The Hall–Kier alpha value is -2.47. The molecule has 0 unspecified atom stereocenters. The average molecular weight is 273 g/mol. The summed E-state index contributed by atoms with van der Waals surface area (Å²) in [6, 6.07) is 6.65. The lowest BCUT2D eigenvalue weighted by atomic mass is 10.2. The molecule has 0 saturated carbocycles. The van der Waals surface area contributed by atoms with Gasteiger partial charge in [-0.3, -0.25) is 10.1 Å². The van der Waals surface area contributed by atoms with Crippen LogP contribution in [-0.4, -0.2) is 9.91 Å². The Morgan fingerprint density at radius 3 is 2.70 bits per heavy atom. The Labute approximate surface area is 116 Å². The zero-order chi connectivity index (χ0) is 14.7. The van der Waals surface area contributed by atoms with Crippen LogP contribution in [0.15, 0.2) is 30.5 Å². The molecule has 1 aromatic carbocycles. The maximum Gasteiger partial charge on any atom is 0.311 e. The van der Waals surface area contributed by atoms with Crippen molar-refractivity contribution in [2.75, 3.05) is 0 Å². The third-order valence-corrected chi connectivity index (χ3v) is 2.84. The molecule has 2 rings (SSSR count). The molecule has 1 aromatic heterocycles. The quantitative estimate of drug-likeness (QED) is 0.683. The number of ether oxygens (including phenoxy) is 1. The Balaban J connectivity index is 2.37. The predicted octanol–water partition coefficient (Wildman–Crippen LogP) is 2.86. The van der Waals surface area contributed by atoms with E-state index in [0.717, 1.165) is 16.7 Å². The van der Waals surface area contributed by atoms with Gasteiger partial charge in [0.15, 0.2) is 0 Å². The second-order valence-electron chi connectivity index (χ2n) is 4.50. The molecule has 0 bridgehead atoms. The average Bonchev–Trinajstić information content (AvgIpc) is 2.42. The highest BCUT2D eigenvalue weighted by Crippen LogP contribution is 2.32. The molecule has 6 heteroatoms. The summed E-state index contributed by atoms with van der Waals surface area (Å²) in [4.78, 5) is 14.7. The van der Waals surface area contributed by atoms with Gasteiger partial charge < -0.3 is 10.5 Å². The van der Waals surface area contributed by atoms with E-state index in [1.165, 1.54) is 6.07 Å². The first-order valence-corrected chi connectivity index (χ1v) is 6.09. The van der Waals surface area contributed by atoms with Gasteiger partial charge in [0.05, 0.1) is 4.92 Å². The van der Waals surface area contributed by atoms with Crippen LogP contribution in [0.1, 0.15) is 16.7 Å². The summed E-state index contributed by atoms with van der Waals surface area (Å²) in [6.07, 6.45) is 1.60. The molecular weight excluding hydrogens is 258 g/mol. The number of benzene rings is 1. The van der Waals surface area contributed by atoms with Gasteiger partial charge in [0, 0.05) is 24.4 Å². The molecule has 1 heterocycles. The highest BCUT2D eigenvalue weighted by atomic mass is 16.6. The number of nitro benzene ring substituents is 1. The lowest BCUT2D eigenvalue weighted by molar-refractivity contribution is -0.385. The van der Waals surface area contributed by atoms with E-state index in [1.807, 2.05) is 13.0 Å². The molecule has 2 N–H and O–H groups in total. The first-order valence-electron chi connectivity index (χ1n) is 6.09. The van der Waals surface area contributed by atoms with Crippen molar-refractivity contribution in [1.29, 1.82) is 0 Å². The second-order valence-corrected chi connectivity index (χ2v) is 4.50. The van der Waals surface area contributed by atoms with Gasteiger partial charge in [0.25, 0.3) is 0 Å². The molecule has 0 aliphatic carbocycles. The van der Waals surface area contributed by atoms with Crippen molar-refractivity contribution >= 4 is 5.69 Å². The Bertz CT molecular complexity index is 656. The highest BCUT2D eigenvalue weighted by molar-refractivity contribution is 5.50. The number of aryl methyl sites for hydroxylation is 2. The Morgan fingerprint density at radius 1 is 1.35 bits per heavy atom. The van der Waals surface area contributed by atoms with Gasteiger partial charge in [-0.15, -0.1) is 0 Å². The minimum absolute atomic E-state index is 0.0749. The van der Waals surface area contributed by atoms with Crippen molar-refractivity contribution in [3.63, 3.8) is 0 Å². The van der Waals surface area contributed by atoms with Crippen LogP contribution in [0.3, 0.4) is 0 Å². The van der Waals surface area contributed by atoms with E-state index in [9.17, 15) is 10.1 Å². The number of rotatable bonds is 4. The number of aromatic nitrogens is 1. The molecule has 0 aliphatic rings. The number of nitrogens with zero attached hydrogens (tertiary/aromatic N) is 2. The van der Waals surface area contributed by atoms with Crippen LogP contribution in [0.2, 0.25) is 0 Å². The van der Waals surface area contributed by atoms with Gasteiger partial charge >= 0.3 is 5.69 Å². The summed E-state index contributed by atoms with van der Waals surface area (Å²) in [7, 11) is 0. The molecule has 2 aromatic rings. The third-order valence-electron chi connectivity index (χ3n) is 2.84. The van der Waals surface area contributed by atoms with Gasteiger partial charge in [-0.1, -0.05) is 6.07 Å². The van der Waals surface area contributed by atoms with E-state index >= 15 is 0 Å². The Kier molecular flexibility index (Phi) is 3.95. The molecule has 0 aliphatic heterocycles. The molecule has 0 radical (unpaired) electrons. The third kappa shape index (κ3) is 2.92. The lowest BCUT2D eigenvalue weighted by Crippen LogP contribution is -2.00. The first-order chi connectivity index (χ1) is 9.51. The van der Waals surface area contributed by atoms with Gasteiger partial charge in [0.2, 0.25) is 11.6 Å². The predicted molar refractivity (Wildman–Crippen MR) is 74.8 cm³/mol. The summed E-state index contributed by atoms with van der Waals surface area (Å²) in [5, 5.41) is 11.0. The van der Waals surface area contributed by atoms with Crippen LogP contribution < -0.4 is 10.5 Å². The van der Waals surface area contributed by atoms with E-state index in [2.05, 4.69) is 4.98 Å². The lowest BCUT2D eigenvalue weighted by Gasteiger charge is -2.09. The molecule has 0 amide bonds. The summed E-state index contributed by atoms with van der Waals surface area (Å²) in [6.45, 7) is 4.00. The van der Waals surface area contributed by atoms with Crippen LogP contribution in [0, 0.1) is 24.0 Å². The smallest absolute Gasteiger partial charge is 0.311 e. The standard InChI is InChI=1S/C14H15N3O3/c1-9-3-4-13(12(5-9)17(18)19)20-14-10(2)6-11(7-15)8-16-14/h3-6,8H,7,15H2,1-2H3. The fourth-order valence-electron chi connectivity index (χ4n) is 1.80. The summed E-state index contributed by atoms with van der Waals surface area (Å²) < 4.78 is 5.56. The Morgan fingerprint density at radius 2 is 2.10 bits per heavy atom. The van der Waals surface area contributed by atoms with E-state index in [4.69, 9.17) is 10.5 Å². The van der Waals surface area contributed by atoms with Crippen LogP contribution >= 0.6 is 0 Å². The summed E-state index contributed by atoms with van der Waals surface area (Å²) >= 11 is 0. The number of hydrogen-bond donors (Lipinski definition) is 1. The van der Waals surface area contributed by atoms with Crippen molar-refractivity contribution in [3.8, 4) is 11.6 Å². The van der Waals surface area contributed by atoms with E-state index in [0.29, 0.717) is 12.4 Å². The van der Waals surface area contributed by atoms with Crippen molar-refractivity contribution in [2.45, 2.75) is 20.4 Å². The van der Waals surface area contributed by atoms with E-state index < -0.39 is 4.92 Å². The fraction of sp³-hybridized carbons (Fsp3) is 0.214. The minimum atomic E-state index is -0.466. The topological polar surface area (TPSA) is 91.3 Å². The molecule has 0 saturated heterocycles. The first kappa shape index (κ1) is 14.0. The summed E-state index contributed by atoms with van der Waals surface area (Å²) in [5.74, 6) is 0.519. The second kappa shape index (κ2) is 5.66. The van der Waals surface area contributed by atoms with E-state index in [-0.39, 0.29) is 11.4 Å². The number of nitro groups is 1. The van der Waals surface area contributed by atoms with Crippen molar-refractivity contribution in [2.24, 2.45) is 5.73 Å². The summed E-state index contributed by atoms with van der Waals surface area (Å²) in [5.41, 5.74) is 7.92. The van der Waals surface area contributed by atoms with Crippen LogP contribution in [0.25, 0.3) is 0 Å². The zero-order valence-corrected chi connectivity index (χ0v) is 11.3. The van der Waals surface area contributed by atoms with Gasteiger partial charge in [-0.05, 0) is 37.1 Å². The highest BCUT2D eigenvalue weighted by Gasteiger charge is 2.17. The van der Waals surface area contributed by atoms with E-state index in [1.54, 1.807) is 25.3 Å². The SMILES string of the molecule is Cc1ccc(Oc2ncc(CN)cc2C)c([N+](=O)[O-])c1.